The van der Waals surface area contributed by atoms with Gasteiger partial charge in [-0.2, -0.15) is 0 Å². The second-order valence-corrected chi connectivity index (χ2v) is 5.79. The molecule has 0 saturated heterocycles. The second kappa shape index (κ2) is 8.22. The van der Waals surface area contributed by atoms with Gasteiger partial charge in [-0.3, -0.25) is 9.69 Å². The Labute approximate surface area is 148 Å². The van der Waals surface area contributed by atoms with E-state index in [1.54, 1.807) is 18.0 Å². The first-order valence-electron chi connectivity index (χ1n) is 7.30. The standard InChI is InChI=1S/C17H16ClF3N2O2/c1-23(10-12-4-2-3-5-15(12)18)11-16(24)22-13-6-8-14(9-7-13)25-17(19,20)21/h2-9H,10-11H2,1H3,(H,22,24). The highest BCUT2D eigenvalue weighted by Gasteiger charge is 2.30. The Morgan fingerprint density at radius 2 is 1.80 bits per heavy atom. The Balaban J connectivity index is 1.86. The van der Waals surface area contributed by atoms with Crippen molar-refractivity contribution in [1.29, 1.82) is 0 Å². The number of amides is 1. The zero-order chi connectivity index (χ0) is 18.4. The molecule has 2 aromatic rings. The van der Waals surface area contributed by atoms with Crippen LogP contribution in [0.25, 0.3) is 0 Å². The molecule has 0 aliphatic rings. The van der Waals surface area contributed by atoms with Crippen molar-refractivity contribution >= 4 is 23.2 Å². The first-order chi connectivity index (χ1) is 11.7. The SMILES string of the molecule is CN(CC(=O)Nc1ccc(OC(F)(F)F)cc1)Cc1ccccc1Cl. The van der Waals surface area contributed by atoms with Crippen LogP contribution < -0.4 is 10.1 Å². The van der Waals surface area contributed by atoms with Crippen LogP contribution in [0.3, 0.4) is 0 Å². The van der Waals surface area contributed by atoms with Crippen molar-refractivity contribution in [3.05, 3.63) is 59.1 Å². The van der Waals surface area contributed by atoms with Gasteiger partial charge in [0.15, 0.2) is 0 Å². The van der Waals surface area contributed by atoms with Crippen molar-refractivity contribution in [3.63, 3.8) is 0 Å². The predicted molar refractivity (Wildman–Crippen MR) is 89.5 cm³/mol. The topological polar surface area (TPSA) is 41.6 Å². The minimum atomic E-state index is -4.74. The molecule has 0 bridgehead atoms. The summed E-state index contributed by atoms with van der Waals surface area (Å²) in [6.45, 7) is 0.595. The van der Waals surface area contributed by atoms with E-state index < -0.39 is 6.36 Å². The number of carbonyl (C=O) groups is 1. The Kier molecular flexibility index (Phi) is 6.27. The van der Waals surface area contributed by atoms with E-state index >= 15 is 0 Å². The average molecular weight is 373 g/mol. The molecule has 134 valence electrons. The van der Waals surface area contributed by atoms with Crippen molar-refractivity contribution < 1.29 is 22.7 Å². The number of ether oxygens (including phenoxy) is 1. The normalized spacial score (nSPS) is 11.4. The highest BCUT2D eigenvalue weighted by Crippen LogP contribution is 2.24. The summed E-state index contributed by atoms with van der Waals surface area (Å²) < 4.78 is 40.1. The highest BCUT2D eigenvalue weighted by atomic mass is 35.5. The van der Waals surface area contributed by atoms with Crippen LogP contribution in [0.15, 0.2) is 48.5 Å². The van der Waals surface area contributed by atoms with Crippen LogP contribution in [0.4, 0.5) is 18.9 Å². The predicted octanol–water partition coefficient (Wildman–Crippen LogP) is 4.31. The summed E-state index contributed by atoms with van der Waals surface area (Å²) in [6, 6.07) is 12.3. The fourth-order valence-corrected chi connectivity index (χ4v) is 2.35. The average Bonchev–Trinajstić information content (AvgIpc) is 2.50. The quantitative estimate of drug-likeness (QED) is 0.821. The molecule has 0 atom stereocenters. The van der Waals surface area contributed by atoms with Crippen LogP contribution >= 0.6 is 11.6 Å². The van der Waals surface area contributed by atoms with E-state index in [1.165, 1.54) is 12.1 Å². The van der Waals surface area contributed by atoms with Gasteiger partial charge < -0.3 is 10.1 Å². The first-order valence-corrected chi connectivity index (χ1v) is 7.68. The molecule has 1 amide bonds. The van der Waals surface area contributed by atoms with Crippen LogP contribution in [-0.4, -0.2) is 30.8 Å². The van der Waals surface area contributed by atoms with E-state index in [1.807, 2.05) is 18.2 Å². The molecule has 0 spiro atoms. The fourth-order valence-electron chi connectivity index (χ4n) is 2.16. The summed E-state index contributed by atoms with van der Waals surface area (Å²) in [5.41, 5.74) is 1.28. The van der Waals surface area contributed by atoms with Gasteiger partial charge in [0, 0.05) is 17.3 Å². The number of carbonyl (C=O) groups excluding carboxylic acids is 1. The summed E-state index contributed by atoms with van der Waals surface area (Å²) >= 11 is 6.08. The molecule has 4 nitrogen and oxygen atoms in total. The Hall–Kier alpha value is -2.25. The second-order valence-electron chi connectivity index (χ2n) is 5.38. The van der Waals surface area contributed by atoms with Gasteiger partial charge in [0.1, 0.15) is 5.75 Å². The Morgan fingerprint density at radius 1 is 1.16 bits per heavy atom. The van der Waals surface area contributed by atoms with Gasteiger partial charge in [-0.15, -0.1) is 13.2 Å². The number of hydrogen-bond donors (Lipinski definition) is 1. The Bertz CT molecular complexity index is 721. The molecule has 8 heteroatoms. The monoisotopic (exact) mass is 372 g/mol. The molecule has 2 rings (SSSR count). The number of nitrogens with one attached hydrogen (secondary N) is 1. The summed E-state index contributed by atoms with van der Waals surface area (Å²) in [4.78, 5) is 13.8. The third kappa shape index (κ3) is 6.64. The van der Waals surface area contributed by atoms with Gasteiger partial charge in [0.2, 0.25) is 5.91 Å². The van der Waals surface area contributed by atoms with Gasteiger partial charge >= 0.3 is 6.36 Å². The molecular formula is C17H16ClF3N2O2. The fraction of sp³-hybridized carbons (Fsp3) is 0.235. The Morgan fingerprint density at radius 3 is 2.40 bits per heavy atom. The number of hydrogen-bond acceptors (Lipinski definition) is 3. The molecule has 2 aromatic carbocycles. The van der Waals surface area contributed by atoms with E-state index in [9.17, 15) is 18.0 Å². The third-order valence-electron chi connectivity index (χ3n) is 3.18. The third-order valence-corrected chi connectivity index (χ3v) is 3.55. The lowest BCUT2D eigenvalue weighted by molar-refractivity contribution is -0.274. The molecule has 0 aromatic heterocycles. The molecule has 0 fully saturated rings. The number of alkyl halides is 3. The van der Waals surface area contributed by atoms with Crippen LogP contribution in [0, 0.1) is 0 Å². The van der Waals surface area contributed by atoms with Gasteiger partial charge in [-0.05, 0) is 42.9 Å². The molecule has 0 radical (unpaired) electrons. The molecule has 0 aliphatic carbocycles. The van der Waals surface area contributed by atoms with Gasteiger partial charge in [0.05, 0.1) is 6.54 Å². The maximum absolute atomic E-state index is 12.1. The zero-order valence-corrected chi connectivity index (χ0v) is 14.1. The van der Waals surface area contributed by atoms with Gasteiger partial charge in [-0.25, -0.2) is 0 Å². The lowest BCUT2D eigenvalue weighted by Crippen LogP contribution is -2.29. The zero-order valence-electron chi connectivity index (χ0n) is 13.3. The number of benzene rings is 2. The summed E-state index contributed by atoms with van der Waals surface area (Å²) in [7, 11) is 1.77. The molecule has 25 heavy (non-hydrogen) atoms. The largest absolute Gasteiger partial charge is 0.573 e. The van der Waals surface area contributed by atoms with Crippen LogP contribution in [0.2, 0.25) is 5.02 Å². The van der Waals surface area contributed by atoms with Crippen molar-refractivity contribution in [1.82, 2.24) is 4.90 Å². The number of halogens is 4. The molecule has 0 heterocycles. The summed E-state index contributed by atoms with van der Waals surface area (Å²) in [5.74, 6) is -0.639. The van der Waals surface area contributed by atoms with Crippen LogP contribution in [0.5, 0.6) is 5.75 Å². The summed E-state index contributed by atoms with van der Waals surface area (Å²) in [5, 5.41) is 3.23. The lowest BCUT2D eigenvalue weighted by Gasteiger charge is -2.17. The lowest BCUT2D eigenvalue weighted by atomic mass is 10.2. The van der Waals surface area contributed by atoms with E-state index in [2.05, 4.69) is 10.1 Å². The minimum absolute atomic E-state index is 0.103. The van der Waals surface area contributed by atoms with E-state index in [0.29, 0.717) is 17.3 Å². The van der Waals surface area contributed by atoms with Crippen molar-refractivity contribution in [2.24, 2.45) is 0 Å². The van der Waals surface area contributed by atoms with Gasteiger partial charge in [-0.1, -0.05) is 29.8 Å². The molecular weight excluding hydrogens is 357 g/mol. The summed E-state index contributed by atoms with van der Waals surface area (Å²) in [6.07, 6.45) is -4.74. The number of nitrogens with zero attached hydrogens (tertiary/aromatic N) is 1. The maximum atomic E-state index is 12.1. The molecule has 0 saturated carbocycles. The van der Waals surface area contributed by atoms with E-state index in [4.69, 9.17) is 11.6 Å². The van der Waals surface area contributed by atoms with Crippen LogP contribution in [-0.2, 0) is 11.3 Å². The minimum Gasteiger partial charge on any atom is -0.406 e. The molecule has 0 aliphatic heterocycles. The van der Waals surface area contributed by atoms with Crippen molar-refractivity contribution in [2.75, 3.05) is 18.9 Å². The molecule has 1 N–H and O–H groups in total. The van der Waals surface area contributed by atoms with Crippen LogP contribution in [0.1, 0.15) is 5.56 Å². The number of likely N-dealkylation sites (N-methyl/N-ethyl adjacent to an activating group) is 1. The molecule has 0 unspecified atom stereocenters. The maximum Gasteiger partial charge on any atom is 0.573 e. The van der Waals surface area contributed by atoms with Crippen molar-refractivity contribution in [2.45, 2.75) is 12.9 Å². The van der Waals surface area contributed by atoms with Gasteiger partial charge in [0.25, 0.3) is 0 Å². The smallest absolute Gasteiger partial charge is 0.406 e. The van der Waals surface area contributed by atoms with E-state index in [0.717, 1.165) is 17.7 Å². The van der Waals surface area contributed by atoms with Crippen molar-refractivity contribution in [3.8, 4) is 5.75 Å². The van der Waals surface area contributed by atoms with E-state index in [-0.39, 0.29) is 18.2 Å². The first kappa shape index (κ1) is 19.1. The highest BCUT2D eigenvalue weighted by molar-refractivity contribution is 6.31. The number of anilines is 1. The number of rotatable bonds is 6.